The molecule has 0 bridgehead atoms. The molecule has 0 radical (unpaired) electrons. The summed E-state index contributed by atoms with van der Waals surface area (Å²) in [7, 11) is 1.02. The van der Waals surface area contributed by atoms with Crippen LogP contribution in [0.25, 0.3) is 0 Å². The number of nitrogens with one attached hydrogen (secondary N) is 1. The van der Waals surface area contributed by atoms with E-state index in [9.17, 15) is 9.36 Å². The first-order valence-electron chi connectivity index (χ1n) is 2.38. The highest BCUT2D eigenvalue weighted by Gasteiger charge is 2.10. The van der Waals surface area contributed by atoms with E-state index in [4.69, 9.17) is 0 Å². The number of hydrogen-bond acceptors (Lipinski definition) is 3. The molecule has 0 spiro atoms. The number of hydrogen-bond donors (Lipinski definition) is 1. The number of esters is 1. The first-order valence-corrected chi connectivity index (χ1v) is 3.19. The second kappa shape index (κ2) is 4.41. The van der Waals surface area contributed by atoms with Gasteiger partial charge in [0, 0.05) is 0 Å². The molecule has 0 aliphatic heterocycles. The zero-order valence-electron chi connectivity index (χ0n) is 5.25. The second-order valence-electron chi connectivity index (χ2n) is 1.47. The molecule has 0 aromatic rings. The van der Waals surface area contributed by atoms with Crippen LogP contribution in [0.3, 0.4) is 0 Å². The van der Waals surface area contributed by atoms with Crippen molar-refractivity contribution in [2.45, 2.75) is 13.0 Å². The maximum atomic E-state index is 10.5. The van der Waals surface area contributed by atoms with Gasteiger partial charge in [0.2, 0.25) is 8.61 Å². The minimum Gasteiger partial charge on any atom is -0.468 e. The highest BCUT2D eigenvalue weighted by molar-refractivity contribution is 7.21. The van der Waals surface area contributed by atoms with Gasteiger partial charge in [-0.05, 0) is 6.92 Å². The zero-order chi connectivity index (χ0) is 7.28. The molecule has 0 aromatic heterocycles. The Morgan fingerprint density at radius 2 is 2.33 bits per heavy atom. The summed E-state index contributed by atoms with van der Waals surface area (Å²) < 4.78 is 14.1. The Labute approximate surface area is 54.8 Å². The molecular weight excluding hydrogens is 141 g/mol. The summed E-state index contributed by atoms with van der Waals surface area (Å²) in [5, 5.41) is 2.34. The maximum absolute atomic E-state index is 10.5. The topological polar surface area (TPSA) is 55.4 Å². The zero-order valence-corrected chi connectivity index (χ0v) is 6.14. The lowest BCUT2D eigenvalue weighted by atomic mass is 10.4. The van der Waals surface area contributed by atoms with Crippen LogP contribution >= 0.6 is 8.61 Å². The monoisotopic (exact) mass is 149 g/mol. The Morgan fingerprint density at radius 3 is 2.67 bits per heavy atom. The van der Waals surface area contributed by atoms with Gasteiger partial charge in [0.05, 0.1) is 7.11 Å². The van der Waals surface area contributed by atoms with Gasteiger partial charge in [-0.15, -0.1) is 0 Å². The molecule has 0 fully saturated rings. The second-order valence-corrected chi connectivity index (χ2v) is 1.91. The van der Waals surface area contributed by atoms with E-state index in [0.29, 0.717) is 0 Å². The van der Waals surface area contributed by atoms with Gasteiger partial charge in [-0.1, -0.05) is 0 Å². The van der Waals surface area contributed by atoms with Crippen molar-refractivity contribution >= 4 is 14.6 Å². The van der Waals surface area contributed by atoms with Gasteiger partial charge in [-0.2, -0.15) is 0 Å². The molecule has 0 heterocycles. The van der Waals surface area contributed by atoms with E-state index in [-0.39, 0.29) is 8.61 Å². The van der Waals surface area contributed by atoms with Gasteiger partial charge < -0.3 is 4.74 Å². The number of rotatable bonds is 3. The minimum absolute atomic E-state index is 0.257. The van der Waals surface area contributed by atoms with Crippen LogP contribution in [-0.2, 0) is 14.1 Å². The van der Waals surface area contributed by atoms with Gasteiger partial charge in [0.15, 0.2) is 0 Å². The molecule has 0 aliphatic carbocycles. The summed E-state index contributed by atoms with van der Waals surface area (Å²) in [6.07, 6.45) is 0. The predicted molar refractivity (Wildman–Crippen MR) is 32.2 cm³/mol. The van der Waals surface area contributed by atoms with Crippen molar-refractivity contribution in [1.82, 2.24) is 5.09 Å². The third kappa shape index (κ3) is 3.16. The summed E-state index contributed by atoms with van der Waals surface area (Å²) in [5.41, 5.74) is 0. The van der Waals surface area contributed by atoms with Crippen molar-refractivity contribution in [3.63, 3.8) is 0 Å². The molecule has 0 rings (SSSR count). The van der Waals surface area contributed by atoms with E-state index in [1.54, 1.807) is 6.92 Å². The molecule has 0 unspecified atom stereocenters. The molecule has 4 nitrogen and oxygen atoms in total. The van der Waals surface area contributed by atoms with Gasteiger partial charge in [-0.3, -0.25) is 9.36 Å². The average Bonchev–Trinajstić information content (AvgIpc) is 1.87. The molecule has 0 aromatic carbocycles. The van der Waals surface area contributed by atoms with Crippen LogP contribution in [0, 0.1) is 0 Å². The molecule has 0 amide bonds. The molecule has 0 saturated carbocycles. The number of ether oxygens (including phenoxy) is 1. The quantitative estimate of drug-likeness (QED) is 0.464. The maximum Gasteiger partial charge on any atom is 0.323 e. The summed E-state index contributed by atoms with van der Waals surface area (Å²) in [6, 6.07) is -0.505. The number of carbonyl (C=O) groups excluding carboxylic acids is 1. The van der Waals surface area contributed by atoms with Crippen molar-refractivity contribution in [3.8, 4) is 0 Å². The fourth-order valence-corrected chi connectivity index (χ4v) is 0.572. The molecular formula is C4H8NO3P. The molecule has 52 valence electrons. The van der Waals surface area contributed by atoms with Gasteiger partial charge in [-0.25, -0.2) is 5.09 Å². The SMILES string of the molecule is COC(=O)[C@H](C)NP=O. The average molecular weight is 149 g/mol. The third-order valence-corrected chi connectivity index (χ3v) is 1.29. The van der Waals surface area contributed by atoms with Crippen molar-refractivity contribution in [2.24, 2.45) is 0 Å². The smallest absolute Gasteiger partial charge is 0.323 e. The molecule has 1 N–H and O–H groups in total. The highest BCUT2D eigenvalue weighted by atomic mass is 31.1. The highest BCUT2D eigenvalue weighted by Crippen LogP contribution is 1.90. The lowest BCUT2D eigenvalue weighted by molar-refractivity contribution is -0.142. The molecule has 0 saturated heterocycles. The van der Waals surface area contributed by atoms with E-state index in [1.165, 1.54) is 7.11 Å². The van der Waals surface area contributed by atoms with E-state index < -0.39 is 12.0 Å². The summed E-state index contributed by atoms with van der Waals surface area (Å²) >= 11 is 0. The fourth-order valence-electron chi connectivity index (χ4n) is 0.309. The molecule has 0 aliphatic rings. The van der Waals surface area contributed by atoms with Gasteiger partial charge >= 0.3 is 5.97 Å². The molecule has 1 atom stereocenters. The van der Waals surface area contributed by atoms with E-state index in [2.05, 4.69) is 9.82 Å². The third-order valence-electron chi connectivity index (χ3n) is 0.801. The number of methoxy groups -OCH3 is 1. The Kier molecular flexibility index (Phi) is 4.18. The standard InChI is InChI=1S/C4H8NO3P/c1-3(5-9-7)4(6)8-2/h3H,1-2H3,(H,5,7)/t3-/m0/s1. The van der Waals surface area contributed by atoms with Crippen molar-refractivity contribution in [2.75, 3.05) is 7.11 Å². The van der Waals surface area contributed by atoms with Crippen LogP contribution in [0.15, 0.2) is 0 Å². The Hall–Kier alpha value is -0.470. The Bertz CT molecular complexity index is 116. The van der Waals surface area contributed by atoms with Crippen molar-refractivity contribution in [1.29, 1.82) is 0 Å². The fraction of sp³-hybridized carbons (Fsp3) is 0.750. The Morgan fingerprint density at radius 1 is 1.78 bits per heavy atom. The first-order chi connectivity index (χ1) is 4.22. The lowest BCUT2D eigenvalue weighted by Crippen LogP contribution is -2.28. The molecule has 9 heavy (non-hydrogen) atoms. The normalized spacial score (nSPS) is 13.1. The van der Waals surface area contributed by atoms with Crippen molar-refractivity contribution < 1.29 is 14.1 Å². The van der Waals surface area contributed by atoms with Gasteiger partial charge in [0.25, 0.3) is 0 Å². The number of carbonyl (C=O) groups is 1. The summed E-state index contributed by atoms with van der Waals surface area (Å²) in [5.74, 6) is -0.418. The predicted octanol–water partition coefficient (Wildman–Crippen LogP) is 0.344. The van der Waals surface area contributed by atoms with Crippen LogP contribution in [-0.4, -0.2) is 19.1 Å². The lowest BCUT2D eigenvalue weighted by Gasteiger charge is -2.03. The minimum atomic E-state index is -0.505. The van der Waals surface area contributed by atoms with Crippen LogP contribution in [0.2, 0.25) is 0 Å². The first kappa shape index (κ1) is 8.53. The van der Waals surface area contributed by atoms with Crippen LogP contribution < -0.4 is 5.09 Å². The largest absolute Gasteiger partial charge is 0.468 e. The molecule has 5 heteroatoms. The van der Waals surface area contributed by atoms with Gasteiger partial charge in [0.1, 0.15) is 6.04 Å². The van der Waals surface area contributed by atoms with Crippen molar-refractivity contribution in [3.05, 3.63) is 0 Å². The summed E-state index contributed by atoms with van der Waals surface area (Å²) in [6.45, 7) is 1.57. The van der Waals surface area contributed by atoms with E-state index in [1.807, 2.05) is 0 Å². The Balaban J connectivity index is 3.58. The van der Waals surface area contributed by atoms with E-state index in [0.717, 1.165) is 0 Å². The van der Waals surface area contributed by atoms with E-state index >= 15 is 0 Å². The van der Waals surface area contributed by atoms with Crippen LogP contribution in [0.5, 0.6) is 0 Å². The summed E-state index contributed by atoms with van der Waals surface area (Å²) in [4.78, 5) is 10.5. The van der Waals surface area contributed by atoms with Crippen LogP contribution in [0.4, 0.5) is 0 Å². The van der Waals surface area contributed by atoms with Crippen LogP contribution in [0.1, 0.15) is 6.92 Å².